The van der Waals surface area contributed by atoms with E-state index in [2.05, 4.69) is 40.7 Å². The lowest BCUT2D eigenvalue weighted by atomic mass is 9.60. The highest BCUT2D eigenvalue weighted by atomic mass is 28.4. The van der Waals surface area contributed by atoms with Gasteiger partial charge in [-0.1, -0.05) is 32.4 Å². The van der Waals surface area contributed by atoms with Crippen LogP contribution in [0.5, 0.6) is 0 Å². The van der Waals surface area contributed by atoms with E-state index >= 15 is 0 Å². The van der Waals surface area contributed by atoms with Crippen molar-refractivity contribution in [1.82, 2.24) is 0 Å². The van der Waals surface area contributed by atoms with Gasteiger partial charge in [-0.2, -0.15) is 0 Å². The summed E-state index contributed by atoms with van der Waals surface area (Å²) in [4.78, 5) is 24.5. The van der Waals surface area contributed by atoms with Crippen molar-refractivity contribution in [3.05, 3.63) is 23.3 Å². The minimum absolute atomic E-state index is 0.00173. The number of esters is 2. The molecule has 0 spiro atoms. The summed E-state index contributed by atoms with van der Waals surface area (Å²) in [7, 11) is -2.04. The van der Waals surface area contributed by atoms with Crippen molar-refractivity contribution in [2.24, 2.45) is 17.8 Å². The molecular formula is C30H50O7Si. The van der Waals surface area contributed by atoms with Crippen LogP contribution in [-0.4, -0.2) is 61.5 Å². The van der Waals surface area contributed by atoms with Crippen LogP contribution in [0.3, 0.4) is 0 Å². The molecule has 1 saturated heterocycles. The predicted octanol–water partition coefficient (Wildman–Crippen LogP) is 5.72. The van der Waals surface area contributed by atoms with Gasteiger partial charge in [-0.3, -0.25) is 9.59 Å². The molecule has 38 heavy (non-hydrogen) atoms. The van der Waals surface area contributed by atoms with Gasteiger partial charge in [0.1, 0.15) is 11.7 Å². The molecule has 0 radical (unpaired) electrons. The Morgan fingerprint density at radius 1 is 1.16 bits per heavy atom. The predicted molar refractivity (Wildman–Crippen MR) is 150 cm³/mol. The number of allylic oxidation sites excluding steroid dienone is 1. The fraction of sp³-hybridized carbons (Fsp3) is 0.800. The number of hydrogen-bond acceptors (Lipinski definition) is 7. The van der Waals surface area contributed by atoms with Crippen LogP contribution < -0.4 is 0 Å². The van der Waals surface area contributed by atoms with E-state index in [1.807, 2.05) is 19.9 Å². The first-order valence-electron chi connectivity index (χ1n) is 14.5. The Morgan fingerprint density at radius 2 is 1.79 bits per heavy atom. The summed E-state index contributed by atoms with van der Waals surface area (Å²) in [5, 5.41) is 10.2. The molecule has 216 valence electrons. The second kappa shape index (κ2) is 11.9. The number of aliphatic hydroxyl groups excluding tert-OH is 1. The number of aliphatic hydroxyl groups is 1. The molecule has 2 heterocycles. The number of carbonyl (C=O) groups is 2. The Labute approximate surface area is 230 Å². The molecule has 7 atom stereocenters. The molecular weight excluding hydrogens is 500 g/mol. The van der Waals surface area contributed by atoms with Gasteiger partial charge in [-0.05, 0) is 76.7 Å². The molecule has 0 saturated carbocycles. The topological polar surface area (TPSA) is 91.3 Å². The van der Waals surface area contributed by atoms with E-state index in [4.69, 9.17) is 18.6 Å². The zero-order valence-corrected chi connectivity index (χ0v) is 26.0. The molecule has 0 aromatic rings. The van der Waals surface area contributed by atoms with Crippen LogP contribution in [0.1, 0.15) is 81.6 Å². The molecule has 0 amide bonds. The van der Waals surface area contributed by atoms with E-state index in [0.29, 0.717) is 6.42 Å². The number of rotatable bonds is 9. The van der Waals surface area contributed by atoms with Crippen LogP contribution in [0.15, 0.2) is 23.3 Å². The van der Waals surface area contributed by atoms with E-state index in [-0.39, 0.29) is 48.5 Å². The lowest BCUT2D eigenvalue weighted by molar-refractivity contribution is -0.181. The third-order valence-corrected chi connectivity index (χ3v) is 14.2. The van der Waals surface area contributed by atoms with E-state index < -0.39 is 25.6 Å². The van der Waals surface area contributed by atoms with Crippen molar-refractivity contribution in [2.75, 3.05) is 6.61 Å². The Bertz CT molecular complexity index is 929. The van der Waals surface area contributed by atoms with Gasteiger partial charge < -0.3 is 23.7 Å². The second-order valence-corrected chi connectivity index (χ2v) is 17.0. The maximum absolute atomic E-state index is 12.3. The molecule has 1 N–H and O–H groups in total. The Kier molecular flexibility index (Phi) is 9.76. The average molecular weight is 551 g/mol. The highest BCUT2D eigenvalue weighted by Gasteiger charge is 2.62. The van der Waals surface area contributed by atoms with E-state index in [1.165, 1.54) is 13.8 Å². The maximum Gasteiger partial charge on any atom is 0.303 e. The quantitative estimate of drug-likeness (QED) is 0.223. The average Bonchev–Trinajstić information content (AvgIpc) is 3.22. The summed E-state index contributed by atoms with van der Waals surface area (Å²) in [6, 6.07) is 3.07. The molecule has 8 heteroatoms. The zero-order valence-electron chi connectivity index (χ0n) is 25.0. The van der Waals surface area contributed by atoms with Gasteiger partial charge in [0.05, 0.1) is 24.4 Å². The molecule has 0 aromatic heterocycles. The summed E-state index contributed by atoms with van der Waals surface area (Å²) in [5.74, 6) is -1.16. The van der Waals surface area contributed by atoms with Crippen LogP contribution in [0, 0.1) is 17.8 Å². The molecule has 0 unspecified atom stereocenters. The largest absolute Gasteiger partial charge is 0.459 e. The molecule has 2 bridgehead atoms. The van der Waals surface area contributed by atoms with Crippen molar-refractivity contribution in [3.63, 3.8) is 0 Å². The maximum atomic E-state index is 12.3. The monoisotopic (exact) mass is 550 g/mol. The van der Waals surface area contributed by atoms with E-state index in [1.54, 1.807) is 0 Å². The Balaban J connectivity index is 2.23. The summed E-state index contributed by atoms with van der Waals surface area (Å²) in [6.45, 7) is 17.7. The highest BCUT2D eigenvalue weighted by molar-refractivity contribution is 6.73. The number of carbonyl (C=O) groups excluding carboxylic acids is 2. The Hall–Kier alpha value is -1.48. The fourth-order valence-corrected chi connectivity index (χ4v) is 10.7. The molecule has 1 aliphatic carbocycles. The van der Waals surface area contributed by atoms with Gasteiger partial charge in [-0.25, -0.2) is 0 Å². The van der Waals surface area contributed by atoms with Crippen molar-refractivity contribution in [2.45, 2.75) is 129 Å². The van der Waals surface area contributed by atoms with E-state index in [0.717, 1.165) is 42.1 Å². The first-order valence-corrected chi connectivity index (χ1v) is 17.0. The number of fused-ring (bicyclic) bond motifs is 5. The third kappa shape index (κ3) is 6.13. The van der Waals surface area contributed by atoms with Gasteiger partial charge >= 0.3 is 11.9 Å². The molecule has 1 fully saturated rings. The summed E-state index contributed by atoms with van der Waals surface area (Å²) >= 11 is 0. The van der Waals surface area contributed by atoms with Crippen molar-refractivity contribution >= 4 is 20.3 Å². The fourth-order valence-electron chi connectivity index (χ4n) is 7.57. The van der Waals surface area contributed by atoms with Gasteiger partial charge in [0.15, 0.2) is 8.32 Å². The summed E-state index contributed by atoms with van der Waals surface area (Å²) in [6.07, 6.45) is 5.36. The SMILES string of the molecule is CC[Si](CC)(CC)O[C@]1(C)CC/C=C(/CO)C[C@H]2O[C@@H]1[C@H]1[C@@H]2C(C)=C[C@@H](OC(C)=O)[C@@H]1C(C)(C)OC(C)=O. The standard InChI is InChI=1S/C30H50O7Si/c1-10-38(11-2,12-3)37-30(9)15-13-14-22(18-31)17-23-25-19(4)16-24(34-20(5)32)27(26(25)28(30)35-23)29(7,8)36-21(6)33/h14,16,23-28,31H,10-13,15,17-18H2,1-9H3/b22-14+/t23-,24-,25-,26+,27+,28-,30-/m1/s1. The van der Waals surface area contributed by atoms with E-state index in [9.17, 15) is 14.7 Å². The van der Waals surface area contributed by atoms with Crippen molar-refractivity contribution in [1.29, 1.82) is 0 Å². The summed E-state index contributed by atoms with van der Waals surface area (Å²) in [5.41, 5.74) is 0.581. The second-order valence-electron chi connectivity index (χ2n) is 12.3. The first-order chi connectivity index (χ1) is 17.8. The van der Waals surface area contributed by atoms with Crippen LogP contribution >= 0.6 is 0 Å². The first kappa shape index (κ1) is 31.0. The molecule has 0 aromatic carbocycles. The third-order valence-electron chi connectivity index (χ3n) is 9.44. The van der Waals surface area contributed by atoms with Crippen LogP contribution in [-0.2, 0) is 28.2 Å². The van der Waals surface area contributed by atoms with Crippen molar-refractivity contribution < 1.29 is 33.3 Å². The van der Waals surface area contributed by atoms with Crippen LogP contribution in [0.2, 0.25) is 18.1 Å². The normalized spacial score (nSPS) is 35.1. The van der Waals surface area contributed by atoms with Gasteiger partial charge in [0.25, 0.3) is 0 Å². The van der Waals surface area contributed by atoms with Gasteiger partial charge in [0, 0.05) is 31.6 Å². The number of hydrogen-bond donors (Lipinski definition) is 1. The molecule has 3 rings (SSSR count). The van der Waals surface area contributed by atoms with Gasteiger partial charge in [0.2, 0.25) is 0 Å². The minimum atomic E-state index is -2.04. The van der Waals surface area contributed by atoms with Gasteiger partial charge in [-0.15, -0.1) is 0 Å². The lowest BCUT2D eigenvalue weighted by Gasteiger charge is -2.51. The van der Waals surface area contributed by atoms with Crippen LogP contribution in [0.25, 0.3) is 0 Å². The van der Waals surface area contributed by atoms with Crippen LogP contribution in [0.4, 0.5) is 0 Å². The smallest absolute Gasteiger partial charge is 0.303 e. The molecule has 3 aliphatic rings. The highest BCUT2D eigenvalue weighted by Crippen LogP contribution is 2.56. The lowest BCUT2D eigenvalue weighted by Crippen LogP contribution is -2.59. The number of ether oxygens (including phenoxy) is 3. The summed E-state index contributed by atoms with van der Waals surface area (Å²) < 4.78 is 26.2. The molecule has 7 nitrogen and oxygen atoms in total. The molecule has 2 aliphatic heterocycles. The zero-order chi connectivity index (χ0) is 28.5. The Morgan fingerprint density at radius 3 is 2.32 bits per heavy atom. The van der Waals surface area contributed by atoms with Crippen molar-refractivity contribution in [3.8, 4) is 0 Å². The minimum Gasteiger partial charge on any atom is -0.459 e.